The maximum Gasteiger partial charge on any atom is 0.224 e. The fourth-order valence-electron chi connectivity index (χ4n) is 2.06. The second kappa shape index (κ2) is 9.41. The summed E-state index contributed by atoms with van der Waals surface area (Å²) in [6, 6.07) is 0. The van der Waals surface area contributed by atoms with E-state index in [1.54, 1.807) is 7.11 Å². The molecule has 0 aromatic carbocycles. The van der Waals surface area contributed by atoms with Gasteiger partial charge in [0.15, 0.2) is 0 Å². The minimum absolute atomic E-state index is 0.226. The van der Waals surface area contributed by atoms with E-state index in [9.17, 15) is 4.79 Å². The second-order valence-electron chi connectivity index (χ2n) is 4.24. The maximum absolute atomic E-state index is 11.7. The first kappa shape index (κ1) is 15.5. The number of likely N-dealkylation sites (tertiary alicyclic amines) is 1. The van der Waals surface area contributed by atoms with Crippen LogP contribution in [-0.4, -0.2) is 44.2 Å². The number of nitrogens with zero attached hydrogens (tertiary/aromatic N) is 1. The number of carbonyl (C=O) groups is 1. The Bertz CT molecular complexity index is 223. The van der Waals surface area contributed by atoms with Gasteiger partial charge in [-0.25, -0.2) is 0 Å². The van der Waals surface area contributed by atoms with Crippen molar-refractivity contribution in [3.05, 3.63) is 0 Å². The van der Waals surface area contributed by atoms with Crippen LogP contribution in [0, 0.1) is 5.92 Å². The van der Waals surface area contributed by atoms with Crippen molar-refractivity contribution in [3.8, 4) is 0 Å². The van der Waals surface area contributed by atoms with Gasteiger partial charge in [-0.05, 0) is 25.2 Å². The molecule has 0 aromatic heterocycles. The monoisotopic (exact) mass is 373 g/mol. The summed E-state index contributed by atoms with van der Waals surface area (Å²) in [5, 5.41) is 0. The second-order valence-corrected chi connectivity index (χ2v) is 5.68. The first-order valence-electron chi connectivity index (χ1n) is 5.95. The van der Waals surface area contributed by atoms with E-state index in [1.165, 1.54) is 9.21 Å². The average Bonchev–Trinajstić information content (AvgIpc) is 2.37. The Morgan fingerprint density at radius 2 is 2.12 bits per heavy atom. The van der Waals surface area contributed by atoms with Crippen LogP contribution in [0.5, 0.6) is 0 Å². The minimum atomic E-state index is 0.226. The van der Waals surface area contributed by atoms with Crippen LogP contribution >= 0.6 is 30.4 Å². The van der Waals surface area contributed by atoms with E-state index in [-0.39, 0.29) is 5.91 Å². The Morgan fingerprint density at radius 3 is 2.71 bits per heavy atom. The van der Waals surface area contributed by atoms with Crippen molar-refractivity contribution in [2.75, 3.05) is 33.4 Å². The third-order valence-electron chi connectivity index (χ3n) is 3.14. The number of hydrogen-bond acceptors (Lipinski definition) is 4. The van der Waals surface area contributed by atoms with E-state index in [2.05, 4.69) is 21.2 Å². The molecule has 0 aromatic rings. The van der Waals surface area contributed by atoms with Crippen LogP contribution < -0.4 is 0 Å². The third-order valence-corrected chi connectivity index (χ3v) is 4.16. The average molecular weight is 373 g/mol. The summed E-state index contributed by atoms with van der Waals surface area (Å²) in [6.45, 7) is 3.13. The van der Waals surface area contributed by atoms with Crippen molar-refractivity contribution in [1.82, 2.24) is 4.90 Å². The molecule has 0 atom stereocenters. The van der Waals surface area contributed by atoms with E-state index in [0.717, 1.165) is 39.0 Å². The predicted molar refractivity (Wildman–Crippen MR) is 78.0 cm³/mol. The van der Waals surface area contributed by atoms with Gasteiger partial charge in [-0.1, -0.05) is 0 Å². The number of piperidine rings is 1. The fourth-order valence-corrected chi connectivity index (χ4v) is 2.76. The largest absolute Gasteiger partial charge is 0.384 e. The lowest BCUT2D eigenvalue weighted by Crippen LogP contribution is -2.39. The SMILES string of the molecule is COCCC(=O)N1CCC(CCOSI)CC1. The van der Waals surface area contributed by atoms with Gasteiger partial charge in [0.1, 0.15) is 0 Å². The predicted octanol–water partition coefficient (Wildman–Crippen LogP) is 2.67. The van der Waals surface area contributed by atoms with E-state index in [1.807, 2.05) is 4.90 Å². The summed E-state index contributed by atoms with van der Waals surface area (Å²) < 4.78 is 10.2. The van der Waals surface area contributed by atoms with Crippen molar-refractivity contribution in [1.29, 1.82) is 0 Å². The van der Waals surface area contributed by atoms with Crippen molar-refractivity contribution in [2.45, 2.75) is 25.7 Å². The number of methoxy groups -OCH3 is 1. The molecule has 1 heterocycles. The van der Waals surface area contributed by atoms with Crippen LogP contribution in [0.2, 0.25) is 0 Å². The summed E-state index contributed by atoms with van der Waals surface area (Å²) in [6.07, 6.45) is 3.83. The molecule has 0 radical (unpaired) electrons. The van der Waals surface area contributed by atoms with Gasteiger partial charge in [0.25, 0.3) is 0 Å². The van der Waals surface area contributed by atoms with E-state index in [0.29, 0.717) is 18.9 Å². The van der Waals surface area contributed by atoms with Gasteiger partial charge in [0.05, 0.1) is 28.8 Å². The van der Waals surface area contributed by atoms with Crippen LogP contribution in [0.3, 0.4) is 0 Å². The molecule has 1 aliphatic heterocycles. The number of rotatable bonds is 7. The Kier molecular flexibility index (Phi) is 8.59. The van der Waals surface area contributed by atoms with Crippen molar-refractivity contribution >= 4 is 36.3 Å². The third kappa shape index (κ3) is 6.26. The summed E-state index contributed by atoms with van der Waals surface area (Å²) in [4.78, 5) is 13.7. The highest BCUT2D eigenvalue weighted by atomic mass is 127. The molecule has 0 unspecified atom stereocenters. The highest BCUT2D eigenvalue weighted by Crippen LogP contribution is 2.22. The molecule has 4 nitrogen and oxygen atoms in total. The molecule has 6 heteroatoms. The molecule has 1 saturated heterocycles. The molecule has 0 saturated carbocycles. The minimum Gasteiger partial charge on any atom is -0.384 e. The van der Waals surface area contributed by atoms with Crippen LogP contribution in [-0.2, 0) is 13.7 Å². The summed E-state index contributed by atoms with van der Waals surface area (Å²) in [5.74, 6) is 0.939. The zero-order valence-electron chi connectivity index (χ0n) is 10.2. The zero-order valence-corrected chi connectivity index (χ0v) is 13.2. The quantitative estimate of drug-likeness (QED) is 0.391. The smallest absolute Gasteiger partial charge is 0.224 e. The molecule has 1 rings (SSSR count). The van der Waals surface area contributed by atoms with Crippen LogP contribution in [0.25, 0.3) is 0 Å². The number of ether oxygens (including phenoxy) is 1. The van der Waals surface area contributed by atoms with Crippen molar-refractivity contribution in [3.63, 3.8) is 0 Å². The van der Waals surface area contributed by atoms with Crippen LogP contribution in [0.15, 0.2) is 0 Å². The highest BCUT2D eigenvalue weighted by molar-refractivity contribution is 14.2. The highest BCUT2D eigenvalue weighted by Gasteiger charge is 2.22. The van der Waals surface area contributed by atoms with Gasteiger partial charge in [-0.3, -0.25) is 4.79 Å². The Morgan fingerprint density at radius 1 is 1.41 bits per heavy atom. The molecular weight excluding hydrogens is 353 g/mol. The van der Waals surface area contributed by atoms with E-state index in [4.69, 9.17) is 8.92 Å². The first-order chi connectivity index (χ1) is 8.27. The number of amides is 1. The van der Waals surface area contributed by atoms with Crippen molar-refractivity contribution < 1.29 is 13.7 Å². The lowest BCUT2D eigenvalue weighted by molar-refractivity contribution is -0.133. The molecule has 100 valence electrons. The van der Waals surface area contributed by atoms with E-state index < -0.39 is 0 Å². The number of halogens is 1. The molecule has 0 spiro atoms. The number of hydrogen-bond donors (Lipinski definition) is 0. The Labute approximate surface area is 120 Å². The molecule has 0 aliphatic carbocycles. The van der Waals surface area contributed by atoms with Crippen LogP contribution in [0.1, 0.15) is 25.7 Å². The lowest BCUT2D eigenvalue weighted by Gasteiger charge is -2.32. The van der Waals surface area contributed by atoms with Gasteiger partial charge < -0.3 is 13.8 Å². The van der Waals surface area contributed by atoms with Gasteiger partial charge in [-0.2, -0.15) is 0 Å². The normalized spacial score (nSPS) is 17.4. The van der Waals surface area contributed by atoms with Gasteiger partial charge >= 0.3 is 0 Å². The maximum atomic E-state index is 11.7. The molecule has 1 aliphatic rings. The molecule has 17 heavy (non-hydrogen) atoms. The van der Waals surface area contributed by atoms with Gasteiger partial charge in [0.2, 0.25) is 5.91 Å². The molecule has 1 fully saturated rings. The number of carbonyl (C=O) groups excluding carboxylic acids is 1. The summed E-state index contributed by atoms with van der Waals surface area (Å²) in [7, 11) is 3.03. The van der Waals surface area contributed by atoms with Crippen molar-refractivity contribution in [2.24, 2.45) is 5.92 Å². The standard InChI is InChI=1S/C11H20INO3S/c1-15-8-5-11(14)13-6-2-10(3-7-13)4-9-16-17-12/h10H,2-9H2,1H3. The van der Waals surface area contributed by atoms with E-state index >= 15 is 0 Å². The molecule has 1 amide bonds. The van der Waals surface area contributed by atoms with Crippen LogP contribution in [0.4, 0.5) is 0 Å². The lowest BCUT2D eigenvalue weighted by atomic mass is 9.94. The topological polar surface area (TPSA) is 38.8 Å². The zero-order chi connectivity index (χ0) is 12.5. The Balaban J connectivity index is 2.14. The fraction of sp³-hybridized carbons (Fsp3) is 0.909. The molecular formula is C11H20INO3S. The molecule has 0 bridgehead atoms. The van der Waals surface area contributed by atoms with Gasteiger partial charge in [0, 0.05) is 41.4 Å². The molecule has 0 N–H and O–H groups in total. The Hall–Kier alpha value is 0.470. The summed E-state index contributed by atoms with van der Waals surface area (Å²) in [5.41, 5.74) is 0. The first-order valence-corrected chi connectivity index (χ1v) is 9.23. The van der Waals surface area contributed by atoms with Gasteiger partial charge in [-0.15, -0.1) is 0 Å². The summed E-state index contributed by atoms with van der Waals surface area (Å²) >= 11 is 2.14.